The number of H-pyrrole nitrogens is 1. The highest BCUT2D eigenvalue weighted by Gasteiger charge is 2.23. The quantitative estimate of drug-likeness (QED) is 0.351. The zero-order valence-corrected chi connectivity index (χ0v) is 25.2. The number of hydrogen-bond donors (Lipinski definition) is 2. The Labute approximate surface area is 247 Å². The lowest BCUT2D eigenvalue weighted by Gasteiger charge is -2.30. The highest BCUT2D eigenvalue weighted by Crippen LogP contribution is 2.25. The first kappa shape index (κ1) is 28.5. The van der Waals surface area contributed by atoms with Crippen LogP contribution < -0.4 is 15.8 Å². The van der Waals surface area contributed by atoms with Crippen molar-refractivity contribution in [3.63, 3.8) is 0 Å². The highest BCUT2D eigenvalue weighted by atomic mass is 32.2. The second-order valence-corrected chi connectivity index (χ2v) is 13.0. The molecule has 4 aromatic rings. The van der Waals surface area contributed by atoms with Gasteiger partial charge in [0.05, 0.1) is 17.4 Å². The van der Waals surface area contributed by atoms with E-state index < -0.39 is 10.8 Å². The van der Waals surface area contributed by atoms with E-state index in [0.29, 0.717) is 22.3 Å². The van der Waals surface area contributed by atoms with Crippen LogP contribution in [-0.4, -0.2) is 98.6 Å². The zero-order chi connectivity index (χ0) is 29.4. The normalized spacial score (nSPS) is 18.4. The Balaban J connectivity index is 1.20. The average Bonchev–Trinajstić information content (AvgIpc) is 3.25. The molecular formula is C30H38N8O3S. The molecule has 2 saturated heterocycles. The van der Waals surface area contributed by atoms with Gasteiger partial charge in [0.2, 0.25) is 5.91 Å². The molecule has 0 aliphatic carbocycles. The number of fused-ring (bicyclic) bond motifs is 3. The second kappa shape index (κ2) is 11.9. The maximum absolute atomic E-state index is 13.5. The number of carbonyl (C=O) groups is 1. The van der Waals surface area contributed by atoms with Crippen molar-refractivity contribution in [2.24, 2.45) is 0 Å². The predicted molar refractivity (Wildman–Crippen MR) is 164 cm³/mol. The van der Waals surface area contributed by atoms with Gasteiger partial charge in [0.25, 0.3) is 5.56 Å². The topological polar surface area (TPSA) is 119 Å². The van der Waals surface area contributed by atoms with Crippen molar-refractivity contribution in [2.45, 2.75) is 49.1 Å². The number of carbonyl (C=O) groups excluding carboxylic acids is 1. The third-order valence-corrected chi connectivity index (χ3v) is 9.91. The molecule has 1 unspecified atom stereocenters. The van der Waals surface area contributed by atoms with E-state index in [0.717, 1.165) is 75.3 Å². The smallest absolute Gasteiger partial charge is 0.281 e. The highest BCUT2D eigenvalue weighted by molar-refractivity contribution is 7.85. The van der Waals surface area contributed by atoms with Gasteiger partial charge in [-0.05, 0) is 83.1 Å². The zero-order valence-electron chi connectivity index (χ0n) is 24.4. The number of piperidine rings is 1. The number of anilines is 1. The van der Waals surface area contributed by atoms with Gasteiger partial charge in [0.1, 0.15) is 10.8 Å². The fraction of sp³-hybridized carbons (Fsp3) is 0.467. The summed E-state index contributed by atoms with van der Waals surface area (Å²) in [6.07, 6.45) is 2.93. The molecule has 1 amide bonds. The summed E-state index contributed by atoms with van der Waals surface area (Å²) in [5.74, 6) is 0.103. The van der Waals surface area contributed by atoms with Crippen LogP contribution >= 0.6 is 0 Å². The van der Waals surface area contributed by atoms with E-state index in [1.165, 1.54) is 0 Å². The Morgan fingerprint density at radius 2 is 1.86 bits per heavy atom. The standard InChI is InChI=1S/C30H38N8O3S/c1-20-5-8-26(21(2)17-20)42(41)30-28-32-29(40)24-7-6-23(18-25(24)38(28)34-33-30)37-12-4-11-36(15-16-37)19-27(39)31-22-9-13-35(3)14-10-22/h5-8,17-18,22,34H,4,9-16,19H2,1-3H3,(H,31,39). The van der Waals surface area contributed by atoms with Gasteiger partial charge in [0, 0.05) is 42.8 Å². The molecule has 0 bridgehead atoms. The predicted octanol–water partition coefficient (Wildman–Crippen LogP) is 2.08. The number of aromatic amines is 1. The summed E-state index contributed by atoms with van der Waals surface area (Å²) in [7, 11) is 0.519. The maximum Gasteiger partial charge on any atom is 0.281 e. The minimum atomic E-state index is -1.60. The molecule has 12 heteroatoms. The Morgan fingerprint density at radius 1 is 1.05 bits per heavy atom. The van der Waals surface area contributed by atoms with E-state index in [4.69, 9.17) is 0 Å². The molecule has 0 radical (unpaired) electrons. The van der Waals surface area contributed by atoms with Crippen molar-refractivity contribution >= 4 is 38.9 Å². The number of aryl methyl sites for hydroxylation is 2. The minimum absolute atomic E-state index is 0.103. The molecule has 1 atom stereocenters. The van der Waals surface area contributed by atoms with Gasteiger partial charge in [-0.15, -0.1) is 5.10 Å². The molecule has 42 heavy (non-hydrogen) atoms. The van der Waals surface area contributed by atoms with Crippen molar-refractivity contribution in [3.05, 3.63) is 57.9 Å². The first-order valence-electron chi connectivity index (χ1n) is 14.6. The van der Waals surface area contributed by atoms with Crippen LogP contribution in [0.2, 0.25) is 0 Å². The molecule has 2 aliphatic heterocycles. The Kier molecular flexibility index (Phi) is 8.11. The first-order valence-corrected chi connectivity index (χ1v) is 15.8. The number of rotatable bonds is 6. The number of nitrogens with zero attached hydrogens (tertiary/aromatic N) is 6. The van der Waals surface area contributed by atoms with Crippen LogP contribution in [0.25, 0.3) is 16.6 Å². The molecule has 2 fully saturated rings. The van der Waals surface area contributed by atoms with Gasteiger partial charge >= 0.3 is 0 Å². The largest absolute Gasteiger partial charge is 0.370 e. The van der Waals surface area contributed by atoms with E-state index in [2.05, 4.69) is 42.4 Å². The fourth-order valence-corrected chi connectivity index (χ4v) is 7.22. The maximum atomic E-state index is 13.5. The van der Waals surface area contributed by atoms with Crippen molar-refractivity contribution in [1.82, 2.24) is 34.9 Å². The van der Waals surface area contributed by atoms with Crippen LogP contribution in [0.15, 0.2) is 51.1 Å². The van der Waals surface area contributed by atoms with Crippen LogP contribution in [-0.2, 0) is 15.6 Å². The SMILES string of the molecule is Cc1ccc(S(=O)c2n[nH]n3c2nc(=O)c2ccc(N4CCCN(CC(=O)NC5CCN(C)CC5)CC4)cc23)c(C)c1. The molecule has 11 nitrogen and oxygen atoms in total. The van der Waals surface area contributed by atoms with Crippen LogP contribution in [0.3, 0.4) is 0 Å². The molecule has 2 N–H and O–H groups in total. The summed E-state index contributed by atoms with van der Waals surface area (Å²) < 4.78 is 15.2. The molecule has 0 saturated carbocycles. The van der Waals surface area contributed by atoms with E-state index >= 15 is 0 Å². The Bertz CT molecular complexity index is 1710. The lowest BCUT2D eigenvalue weighted by molar-refractivity contribution is -0.123. The minimum Gasteiger partial charge on any atom is -0.370 e. The molecule has 4 heterocycles. The Hall–Kier alpha value is -3.61. The van der Waals surface area contributed by atoms with Gasteiger partial charge in [-0.3, -0.25) is 14.5 Å². The summed E-state index contributed by atoms with van der Waals surface area (Å²) in [6, 6.07) is 11.7. The van der Waals surface area contributed by atoms with Crippen LogP contribution in [0.5, 0.6) is 0 Å². The summed E-state index contributed by atoms with van der Waals surface area (Å²) in [6.45, 7) is 9.59. The van der Waals surface area contributed by atoms with Gasteiger partial charge in [-0.25, -0.2) is 13.9 Å². The number of aromatic nitrogens is 4. The monoisotopic (exact) mass is 590 g/mol. The molecule has 2 aromatic carbocycles. The van der Waals surface area contributed by atoms with Crippen LogP contribution in [0.1, 0.15) is 30.4 Å². The van der Waals surface area contributed by atoms with Crippen molar-refractivity contribution in [1.29, 1.82) is 0 Å². The summed E-state index contributed by atoms with van der Waals surface area (Å²) in [4.78, 5) is 37.5. The lowest BCUT2D eigenvalue weighted by Crippen LogP contribution is -2.47. The lowest BCUT2D eigenvalue weighted by atomic mass is 10.1. The van der Waals surface area contributed by atoms with Crippen LogP contribution in [0, 0.1) is 13.8 Å². The number of amides is 1. The molecule has 6 rings (SSSR count). The molecule has 222 valence electrons. The summed E-state index contributed by atoms with van der Waals surface area (Å²) in [5, 5.41) is 11.2. The summed E-state index contributed by atoms with van der Waals surface area (Å²) >= 11 is 0. The van der Waals surface area contributed by atoms with E-state index in [1.54, 1.807) is 10.6 Å². The number of hydrogen-bond acceptors (Lipinski definition) is 8. The average molecular weight is 591 g/mol. The van der Waals surface area contributed by atoms with Crippen LogP contribution in [0.4, 0.5) is 5.69 Å². The second-order valence-electron chi connectivity index (χ2n) is 11.6. The fourth-order valence-electron chi connectivity index (χ4n) is 6.05. The van der Waals surface area contributed by atoms with Gasteiger partial charge < -0.3 is 15.1 Å². The van der Waals surface area contributed by atoms with E-state index in [1.807, 2.05) is 44.2 Å². The third-order valence-electron chi connectivity index (χ3n) is 8.43. The number of nitrogens with one attached hydrogen (secondary N) is 2. The molecule has 2 aliphatic rings. The number of benzene rings is 2. The van der Waals surface area contributed by atoms with Crippen molar-refractivity contribution < 1.29 is 9.00 Å². The van der Waals surface area contributed by atoms with Crippen molar-refractivity contribution in [3.8, 4) is 0 Å². The Morgan fingerprint density at radius 3 is 2.64 bits per heavy atom. The first-order chi connectivity index (χ1) is 20.3. The molecular weight excluding hydrogens is 552 g/mol. The summed E-state index contributed by atoms with van der Waals surface area (Å²) in [5.41, 5.74) is 3.48. The molecule has 2 aromatic heterocycles. The van der Waals surface area contributed by atoms with Gasteiger partial charge in [0.15, 0.2) is 10.7 Å². The number of likely N-dealkylation sites (tertiary alicyclic amines) is 1. The van der Waals surface area contributed by atoms with E-state index in [-0.39, 0.29) is 28.2 Å². The van der Waals surface area contributed by atoms with E-state index in [9.17, 15) is 13.8 Å². The van der Waals surface area contributed by atoms with Crippen molar-refractivity contribution in [2.75, 3.05) is 57.8 Å². The molecule has 0 spiro atoms. The van der Waals surface area contributed by atoms with Gasteiger partial charge in [-0.2, -0.15) is 4.98 Å². The third kappa shape index (κ3) is 5.83. The van der Waals surface area contributed by atoms with Gasteiger partial charge in [-0.1, -0.05) is 17.7 Å².